The molecule has 2 atom stereocenters. The van der Waals surface area contributed by atoms with Crippen molar-refractivity contribution in [2.24, 2.45) is 7.05 Å². The maximum atomic E-state index is 12.7. The number of nitrogens with one attached hydrogen (secondary N) is 1. The molecule has 1 saturated heterocycles. The minimum absolute atomic E-state index is 0.00473. The van der Waals surface area contributed by atoms with Crippen molar-refractivity contribution >= 4 is 51.1 Å². The summed E-state index contributed by atoms with van der Waals surface area (Å²) in [5.74, 6) is -2.90. The number of aromatic nitrogens is 4. The number of rotatable bonds is 8. The van der Waals surface area contributed by atoms with E-state index in [0.29, 0.717) is 16.5 Å². The highest BCUT2D eigenvalue weighted by atomic mass is 32.2. The summed E-state index contributed by atoms with van der Waals surface area (Å²) in [4.78, 5) is 38.2. The van der Waals surface area contributed by atoms with Crippen LogP contribution in [0.1, 0.15) is 0 Å². The number of nitrogens with zero attached hydrogens (tertiary/aromatic N) is 5. The van der Waals surface area contributed by atoms with Crippen molar-refractivity contribution in [3.63, 3.8) is 0 Å². The Morgan fingerprint density at radius 2 is 2.03 bits per heavy atom. The van der Waals surface area contributed by atoms with Crippen LogP contribution in [0.4, 0.5) is 0 Å². The fourth-order valence-corrected chi connectivity index (χ4v) is 6.89. The molecule has 0 radical (unpaired) electrons. The second kappa shape index (κ2) is 9.15. The number of β-lactam (4-membered cyclic amide) rings is 1. The highest BCUT2D eigenvalue weighted by molar-refractivity contribution is 8.01. The van der Waals surface area contributed by atoms with Gasteiger partial charge in [-0.3, -0.25) is 14.5 Å². The van der Waals surface area contributed by atoms with E-state index in [9.17, 15) is 27.9 Å². The SMILES string of the molecule is Cn1nnnc1SCC1=C(C(=O)O)N2C(=O)C(NC(=O)CS(=O)(=O)c3ccccc3)[C@H]2SC1. The van der Waals surface area contributed by atoms with Gasteiger partial charge in [0.05, 0.1) is 4.90 Å². The molecular formula is C18H18N6O6S3. The van der Waals surface area contributed by atoms with E-state index < -0.39 is 44.8 Å². The van der Waals surface area contributed by atoms with Gasteiger partial charge in [-0.05, 0) is 28.1 Å². The third-order valence-corrected chi connectivity index (χ3v) is 9.02. The molecule has 1 unspecified atom stereocenters. The zero-order chi connectivity index (χ0) is 23.8. The summed E-state index contributed by atoms with van der Waals surface area (Å²) in [7, 11) is -2.21. The van der Waals surface area contributed by atoms with E-state index in [2.05, 4.69) is 20.8 Å². The third kappa shape index (κ3) is 4.60. The monoisotopic (exact) mass is 510 g/mol. The van der Waals surface area contributed by atoms with Crippen LogP contribution in [-0.2, 0) is 31.3 Å². The van der Waals surface area contributed by atoms with E-state index in [1.54, 1.807) is 25.2 Å². The Hall–Kier alpha value is -2.91. The Balaban J connectivity index is 1.44. The Bertz CT molecular complexity index is 1250. The normalized spacial score (nSPS) is 20.3. The molecule has 4 rings (SSSR count). The lowest BCUT2D eigenvalue weighted by Crippen LogP contribution is -2.70. The first-order chi connectivity index (χ1) is 15.7. The Labute approximate surface area is 196 Å². The topological polar surface area (TPSA) is 164 Å². The predicted octanol–water partition coefficient (Wildman–Crippen LogP) is -0.485. The first-order valence-corrected chi connectivity index (χ1v) is 13.2. The maximum Gasteiger partial charge on any atom is 0.352 e. The standard InChI is InChI=1S/C18H18N6O6S3/c1-23-18(20-21-22-23)32-8-10-7-31-16-13(15(26)24(16)14(10)17(27)28)19-12(25)9-33(29,30)11-5-3-2-4-6-11/h2-6,13,16H,7-9H2,1H3,(H,19,25)(H,27,28)/t13?,16-/m1/s1. The Morgan fingerprint density at radius 3 is 2.67 bits per heavy atom. The molecule has 0 spiro atoms. The number of tetrazole rings is 1. The number of fused-ring (bicyclic) bond motifs is 1. The van der Waals surface area contributed by atoms with E-state index in [0.717, 1.165) is 4.90 Å². The van der Waals surface area contributed by atoms with E-state index in [1.165, 1.54) is 40.3 Å². The fraction of sp³-hybridized carbons (Fsp3) is 0.333. The molecular weight excluding hydrogens is 492 g/mol. The lowest BCUT2D eigenvalue weighted by molar-refractivity contribution is -0.150. The average Bonchev–Trinajstić information content (AvgIpc) is 3.20. The fourth-order valence-electron chi connectivity index (χ4n) is 3.39. The summed E-state index contributed by atoms with van der Waals surface area (Å²) in [5, 5.41) is 23.1. The molecule has 0 aliphatic carbocycles. The second-order valence-electron chi connectivity index (χ2n) is 7.16. The first kappa shape index (κ1) is 23.3. The molecule has 33 heavy (non-hydrogen) atoms. The summed E-state index contributed by atoms with van der Waals surface area (Å²) >= 11 is 2.54. The van der Waals surface area contributed by atoms with Crippen LogP contribution in [0.15, 0.2) is 51.7 Å². The van der Waals surface area contributed by atoms with Crippen LogP contribution in [0.25, 0.3) is 0 Å². The van der Waals surface area contributed by atoms with Gasteiger partial charge in [0, 0.05) is 18.6 Å². The number of benzene rings is 1. The molecule has 2 amide bonds. The first-order valence-electron chi connectivity index (χ1n) is 9.51. The minimum atomic E-state index is -3.87. The molecule has 3 heterocycles. The van der Waals surface area contributed by atoms with Gasteiger partial charge >= 0.3 is 5.97 Å². The Morgan fingerprint density at radius 1 is 1.30 bits per heavy atom. The van der Waals surface area contributed by atoms with Crippen molar-refractivity contribution < 1.29 is 27.9 Å². The number of carboxylic acid groups (broad SMARTS) is 1. The molecule has 2 N–H and O–H groups in total. The number of thioether (sulfide) groups is 2. The molecule has 2 aliphatic heterocycles. The predicted molar refractivity (Wildman–Crippen MR) is 118 cm³/mol. The van der Waals surface area contributed by atoms with E-state index >= 15 is 0 Å². The van der Waals surface area contributed by atoms with Gasteiger partial charge in [-0.15, -0.1) is 16.9 Å². The average molecular weight is 511 g/mol. The van der Waals surface area contributed by atoms with Gasteiger partial charge in [0.1, 0.15) is 22.9 Å². The van der Waals surface area contributed by atoms with Crippen LogP contribution >= 0.6 is 23.5 Å². The molecule has 1 fully saturated rings. The van der Waals surface area contributed by atoms with Crippen molar-refractivity contribution in [2.75, 3.05) is 17.3 Å². The number of amides is 2. The van der Waals surface area contributed by atoms with Gasteiger partial charge in [0.2, 0.25) is 11.1 Å². The Kier molecular flexibility index (Phi) is 6.45. The van der Waals surface area contributed by atoms with E-state index in [4.69, 9.17) is 0 Å². The number of carbonyl (C=O) groups is 3. The molecule has 174 valence electrons. The largest absolute Gasteiger partial charge is 0.477 e. The molecule has 12 nitrogen and oxygen atoms in total. The van der Waals surface area contributed by atoms with Crippen molar-refractivity contribution in [3.05, 3.63) is 41.6 Å². The van der Waals surface area contributed by atoms with Crippen molar-refractivity contribution in [1.29, 1.82) is 0 Å². The van der Waals surface area contributed by atoms with E-state index in [1.807, 2.05) is 0 Å². The van der Waals surface area contributed by atoms with Crippen LogP contribution in [0, 0.1) is 0 Å². The highest BCUT2D eigenvalue weighted by Gasteiger charge is 2.54. The van der Waals surface area contributed by atoms with Gasteiger partial charge in [-0.2, -0.15) is 0 Å². The smallest absolute Gasteiger partial charge is 0.352 e. The van der Waals surface area contributed by atoms with Crippen molar-refractivity contribution in [3.8, 4) is 0 Å². The lowest BCUT2D eigenvalue weighted by Gasteiger charge is -2.49. The van der Waals surface area contributed by atoms with E-state index in [-0.39, 0.29) is 16.3 Å². The van der Waals surface area contributed by atoms with Crippen LogP contribution in [0.2, 0.25) is 0 Å². The van der Waals surface area contributed by atoms with Crippen LogP contribution < -0.4 is 5.32 Å². The number of sulfone groups is 1. The summed E-state index contributed by atoms with van der Waals surface area (Å²) < 4.78 is 26.3. The number of hydrogen-bond acceptors (Lipinski definition) is 10. The molecule has 1 aromatic heterocycles. The number of aliphatic carboxylic acids is 1. The zero-order valence-electron chi connectivity index (χ0n) is 17.1. The molecule has 2 aromatic rings. The van der Waals surface area contributed by atoms with Crippen molar-refractivity contribution in [1.82, 2.24) is 30.4 Å². The van der Waals surface area contributed by atoms with Crippen LogP contribution in [0.5, 0.6) is 0 Å². The summed E-state index contributed by atoms with van der Waals surface area (Å²) in [6.45, 7) is 0. The molecule has 15 heteroatoms. The molecule has 0 bridgehead atoms. The lowest BCUT2D eigenvalue weighted by atomic mass is 10.0. The van der Waals surface area contributed by atoms with Crippen molar-refractivity contribution in [2.45, 2.75) is 21.5 Å². The number of hydrogen-bond donors (Lipinski definition) is 2. The zero-order valence-corrected chi connectivity index (χ0v) is 19.6. The third-order valence-electron chi connectivity index (χ3n) is 4.95. The summed E-state index contributed by atoms with van der Waals surface area (Å²) in [6.07, 6.45) is 0. The molecule has 1 aromatic carbocycles. The molecule has 2 aliphatic rings. The van der Waals surface area contributed by atoms with Gasteiger partial charge < -0.3 is 10.4 Å². The number of aryl methyl sites for hydroxylation is 1. The number of carbonyl (C=O) groups excluding carboxylic acids is 2. The minimum Gasteiger partial charge on any atom is -0.477 e. The summed E-state index contributed by atoms with van der Waals surface area (Å²) in [5.41, 5.74) is 0.398. The molecule has 0 saturated carbocycles. The number of carboxylic acids is 1. The van der Waals surface area contributed by atoms with Crippen LogP contribution in [0.3, 0.4) is 0 Å². The second-order valence-corrected chi connectivity index (χ2v) is 11.2. The maximum absolute atomic E-state index is 12.7. The van der Waals surface area contributed by atoms with Gasteiger partial charge in [0.25, 0.3) is 5.91 Å². The summed E-state index contributed by atoms with van der Waals surface area (Å²) in [6, 6.07) is 6.53. The van der Waals surface area contributed by atoms with Crippen LogP contribution in [-0.4, -0.2) is 85.1 Å². The van der Waals surface area contributed by atoms with Gasteiger partial charge in [-0.1, -0.05) is 30.0 Å². The van der Waals surface area contributed by atoms with Gasteiger partial charge in [-0.25, -0.2) is 17.9 Å². The van der Waals surface area contributed by atoms with Gasteiger partial charge in [0.15, 0.2) is 9.84 Å². The highest BCUT2D eigenvalue weighted by Crippen LogP contribution is 2.41. The quantitative estimate of drug-likeness (QED) is 0.348.